The van der Waals surface area contributed by atoms with Gasteiger partial charge in [0, 0.05) is 0 Å². The van der Waals surface area contributed by atoms with Crippen molar-refractivity contribution >= 4 is 11.8 Å². The van der Waals surface area contributed by atoms with Crippen LogP contribution in [0.3, 0.4) is 0 Å². The quantitative estimate of drug-likeness (QED) is 0.365. The minimum absolute atomic E-state index is 0. The van der Waals surface area contributed by atoms with Gasteiger partial charge in [-0.25, -0.2) is 0 Å². The van der Waals surface area contributed by atoms with Gasteiger partial charge in [0.15, 0.2) is 0 Å². The lowest BCUT2D eigenvalue weighted by atomic mass is 10.4. The Labute approximate surface area is 98.9 Å². The van der Waals surface area contributed by atoms with Crippen LogP contribution in [0, 0.1) is 0 Å². The number of thioether (sulfide) groups is 1. The van der Waals surface area contributed by atoms with E-state index in [4.69, 9.17) is 0 Å². The summed E-state index contributed by atoms with van der Waals surface area (Å²) in [4.78, 5) is 0. The third-order valence-electron chi connectivity index (χ3n) is 2.58. The smallest absolute Gasteiger partial charge is 0.125 e. The highest BCUT2D eigenvalue weighted by Gasteiger charge is 2.19. The van der Waals surface area contributed by atoms with Crippen molar-refractivity contribution < 1.29 is 28.5 Å². The van der Waals surface area contributed by atoms with Gasteiger partial charge in [-0.05, 0) is 26.5 Å². The molecule has 0 atom stereocenters. The summed E-state index contributed by atoms with van der Waals surface area (Å²) in [5, 5.41) is 0. The van der Waals surface area contributed by atoms with Crippen LogP contribution >= 0.6 is 11.8 Å². The fourth-order valence-electron chi connectivity index (χ4n) is 1.23. The van der Waals surface area contributed by atoms with Gasteiger partial charge in [0.25, 0.3) is 0 Å². The Bertz CT molecular complexity index is 86.3. The van der Waals surface area contributed by atoms with E-state index in [1.54, 1.807) is 0 Å². The number of rotatable bonds is 6. The Morgan fingerprint density at radius 1 is 0.917 bits per heavy atom. The standard InChI is InChI=1S/C9H22NS.HI/c1-5-10(6-2,7-3)9-11-8-4;/h5-9H2,1-4H3;1H/q+1;/p-1. The average Bonchev–Trinajstić information content (AvgIpc) is 2.08. The van der Waals surface area contributed by atoms with Gasteiger partial charge >= 0.3 is 0 Å². The molecule has 0 amide bonds. The average molecular weight is 303 g/mol. The summed E-state index contributed by atoms with van der Waals surface area (Å²) in [6, 6.07) is 0. The van der Waals surface area contributed by atoms with Crippen LogP contribution in [0.2, 0.25) is 0 Å². The van der Waals surface area contributed by atoms with Gasteiger partial charge in [-0.3, -0.25) is 0 Å². The molecule has 1 nitrogen and oxygen atoms in total. The van der Waals surface area contributed by atoms with E-state index in [0.29, 0.717) is 0 Å². The van der Waals surface area contributed by atoms with E-state index in [-0.39, 0.29) is 24.0 Å². The molecule has 0 spiro atoms. The van der Waals surface area contributed by atoms with Crippen molar-refractivity contribution in [1.29, 1.82) is 0 Å². The molecule has 0 heterocycles. The first-order chi connectivity index (χ1) is 5.24. The van der Waals surface area contributed by atoms with Crippen LogP contribution in [0.4, 0.5) is 0 Å². The van der Waals surface area contributed by atoms with E-state index >= 15 is 0 Å². The Hall–Kier alpha value is 1.04. The molecule has 0 aliphatic carbocycles. The molecule has 0 aromatic rings. The van der Waals surface area contributed by atoms with Gasteiger partial charge in [-0.1, -0.05) is 6.92 Å². The zero-order valence-corrected chi connectivity index (χ0v) is 11.7. The van der Waals surface area contributed by atoms with Crippen molar-refractivity contribution in [1.82, 2.24) is 0 Å². The van der Waals surface area contributed by atoms with Gasteiger partial charge in [-0.2, -0.15) is 0 Å². The van der Waals surface area contributed by atoms with Crippen LogP contribution in [-0.4, -0.2) is 35.7 Å². The first-order valence-corrected chi connectivity index (χ1v) is 5.83. The highest BCUT2D eigenvalue weighted by atomic mass is 127. The van der Waals surface area contributed by atoms with E-state index in [0.717, 1.165) is 0 Å². The third-order valence-corrected chi connectivity index (χ3v) is 3.72. The molecular weight excluding hydrogens is 281 g/mol. The summed E-state index contributed by atoms with van der Waals surface area (Å²) in [6.45, 7) is 13.0. The maximum absolute atomic E-state index is 2.29. The highest BCUT2D eigenvalue weighted by Crippen LogP contribution is 2.13. The predicted molar refractivity (Wildman–Crippen MR) is 54.9 cm³/mol. The van der Waals surface area contributed by atoms with Crippen molar-refractivity contribution in [3.05, 3.63) is 0 Å². The number of nitrogens with zero attached hydrogens (tertiary/aromatic N) is 1. The molecule has 0 rings (SSSR count). The molecule has 0 aromatic carbocycles. The second-order valence-electron chi connectivity index (χ2n) is 2.91. The summed E-state index contributed by atoms with van der Waals surface area (Å²) >= 11 is 2.06. The first-order valence-electron chi connectivity index (χ1n) is 4.67. The summed E-state index contributed by atoms with van der Waals surface area (Å²) < 4.78 is 1.28. The minimum Gasteiger partial charge on any atom is -1.00 e. The van der Waals surface area contributed by atoms with Crippen molar-refractivity contribution in [2.24, 2.45) is 0 Å². The molecular formula is C9H22INS. The molecule has 0 unspecified atom stereocenters. The lowest BCUT2D eigenvalue weighted by molar-refractivity contribution is -0.911. The van der Waals surface area contributed by atoms with Gasteiger partial charge < -0.3 is 28.5 Å². The highest BCUT2D eigenvalue weighted by molar-refractivity contribution is 7.99. The molecule has 3 heteroatoms. The zero-order chi connectivity index (χ0) is 8.74. The lowest BCUT2D eigenvalue weighted by Crippen LogP contribution is -3.00. The minimum atomic E-state index is 0. The number of halogens is 1. The molecule has 0 saturated carbocycles. The van der Waals surface area contributed by atoms with E-state index < -0.39 is 0 Å². The number of hydrogen-bond donors (Lipinski definition) is 0. The summed E-state index contributed by atoms with van der Waals surface area (Å²) in [7, 11) is 0. The topological polar surface area (TPSA) is 0 Å². The molecule has 0 aliphatic heterocycles. The molecule has 0 aromatic heterocycles. The maximum atomic E-state index is 2.29. The van der Waals surface area contributed by atoms with E-state index in [2.05, 4.69) is 39.5 Å². The van der Waals surface area contributed by atoms with Crippen LogP contribution < -0.4 is 24.0 Å². The van der Waals surface area contributed by atoms with Crippen LogP contribution in [0.15, 0.2) is 0 Å². The largest absolute Gasteiger partial charge is 1.00 e. The van der Waals surface area contributed by atoms with Crippen LogP contribution in [0.5, 0.6) is 0 Å². The van der Waals surface area contributed by atoms with Crippen LogP contribution in [-0.2, 0) is 0 Å². The van der Waals surface area contributed by atoms with Crippen molar-refractivity contribution in [2.45, 2.75) is 27.7 Å². The normalized spacial score (nSPS) is 11.0. The van der Waals surface area contributed by atoms with Crippen LogP contribution in [0.25, 0.3) is 0 Å². The fourth-order valence-corrected chi connectivity index (χ4v) is 2.35. The van der Waals surface area contributed by atoms with Gasteiger partial charge in [0.2, 0.25) is 0 Å². The zero-order valence-electron chi connectivity index (χ0n) is 8.77. The third kappa shape index (κ3) is 4.92. The molecule has 0 N–H and O–H groups in total. The van der Waals surface area contributed by atoms with E-state index in [1.165, 1.54) is 35.7 Å². The maximum Gasteiger partial charge on any atom is 0.125 e. The van der Waals surface area contributed by atoms with Gasteiger partial charge in [0.1, 0.15) is 5.88 Å². The summed E-state index contributed by atoms with van der Waals surface area (Å²) in [5.41, 5.74) is 0. The van der Waals surface area contributed by atoms with Crippen molar-refractivity contribution in [3.8, 4) is 0 Å². The molecule has 0 saturated heterocycles. The number of hydrogen-bond acceptors (Lipinski definition) is 1. The number of quaternary nitrogens is 1. The second-order valence-corrected chi connectivity index (χ2v) is 4.16. The lowest BCUT2D eigenvalue weighted by Gasteiger charge is -2.35. The molecule has 0 radical (unpaired) electrons. The fraction of sp³-hybridized carbons (Fsp3) is 1.00. The van der Waals surface area contributed by atoms with Gasteiger partial charge in [0.05, 0.1) is 19.6 Å². The van der Waals surface area contributed by atoms with Crippen LogP contribution in [0.1, 0.15) is 27.7 Å². The Morgan fingerprint density at radius 2 is 1.33 bits per heavy atom. The summed E-state index contributed by atoms with van der Waals surface area (Å²) in [6.07, 6.45) is 0. The Kier molecular flexibility index (Phi) is 11.2. The molecule has 0 bridgehead atoms. The molecule has 0 fully saturated rings. The monoisotopic (exact) mass is 303 g/mol. The van der Waals surface area contributed by atoms with Crippen molar-refractivity contribution in [2.75, 3.05) is 31.3 Å². The van der Waals surface area contributed by atoms with Gasteiger partial charge in [-0.15, -0.1) is 11.8 Å². The summed E-state index contributed by atoms with van der Waals surface area (Å²) in [5.74, 6) is 2.54. The predicted octanol–water partition coefficient (Wildman–Crippen LogP) is -0.422. The Morgan fingerprint density at radius 3 is 1.58 bits per heavy atom. The van der Waals surface area contributed by atoms with Crippen molar-refractivity contribution in [3.63, 3.8) is 0 Å². The second kappa shape index (κ2) is 8.63. The Balaban J connectivity index is 0. The molecule has 76 valence electrons. The van der Waals surface area contributed by atoms with E-state index in [1.807, 2.05) is 0 Å². The SMILES string of the molecule is CCSC[N+](CC)(CC)CC.[I-]. The first kappa shape index (κ1) is 15.5. The van der Waals surface area contributed by atoms with E-state index in [9.17, 15) is 0 Å². The molecule has 12 heavy (non-hydrogen) atoms. The molecule has 0 aliphatic rings.